The van der Waals surface area contributed by atoms with Crippen LogP contribution in [0.3, 0.4) is 0 Å². The lowest BCUT2D eigenvalue weighted by atomic mass is 10.3. The zero-order valence-electron chi connectivity index (χ0n) is 10.7. The largest absolute Gasteiger partial charge is 0.492 e. The molecule has 0 saturated heterocycles. The Balaban J connectivity index is 2.18. The van der Waals surface area contributed by atoms with E-state index in [1.165, 1.54) is 4.90 Å². The van der Waals surface area contributed by atoms with Crippen LogP contribution in [-0.4, -0.2) is 55.3 Å². The lowest BCUT2D eigenvalue weighted by Gasteiger charge is -2.17. The molecular formula is C13H17NO5. The number of carboxylic acids is 1. The van der Waals surface area contributed by atoms with E-state index < -0.39 is 12.6 Å². The van der Waals surface area contributed by atoms with Gasteiger partial charge in [-0.3, -0.25) is 4.79 Å². The summed E-state index contributed by atoms with van der Waals surface area (Å²) in [5.74, 6) is -0.633. The Kier molecular flexibility index (Phi) is 6.38. The first-order valence-corrected chi connectivity index (χ1v) is 5.81. The Bertz CT molecular complexity index is 407. The maximum Gasteiger partial charge on any atom is 0.329 e. The predicted molar refractivity (Wildman–Crippen MR) is 68.0 cm³/mol. The third-order valence-corrected chi connectivity index (χ3v) is 2.32. The second-order valence-electron chi connectivity index (χ2n) is 3.86. The van der Waals surface area contributed by atoms with Crippen molar-refractivity contribution in [3.63, 3.8) is 0 Å². The van der Waals surface area contributed by atoms with Gasteiger partial charge in [0.15, 0.2) is 0 Å². The SMILES string of the molecule is CN(CCOc1ccccc1)C(=O)COCC(=O)O. The van der Waals surface area contributed by atoms with E-state index in [0.29, 0.717) is 13.2 Å². The second kappa shape index (κ2) is 8.10. The van der Waals surface area contributed by atoms with Crippen molar-refractivity contribution in [2.45, 2.75) is 0 Å². The highest BCUT2D eigenvalue weighted by Crippen LogP contribution is 2.07. The maximum atomic E-state index is 11.5. The van der Waals surface area contributed by atoms with Gasteiger partial charge >= 0.3 is 5.97 Å². The average molecular weight is 267 g/mol. The Morgan fingerprint density at radius 1 is 1.21 bits per heavy atom. The molecule has 1 aromatic rings. The first kappa shape index (κ1) is 15.0. The second-order valence-corrected chi connectivity index (χ2v) is 3.86. The van der Waals surface area contributed by atoms with Gasteiger partial charge in [-0.05, 0) is 12.1 Å². The number of rotatable bonds is 8. The molecule has 0 aromatic heterocycles. The van der Waals surface area contributed by atoms with Crippen LogP contribution in [0.4, 0.5) is 0 Å². The molecular weight excluding hydrogens is 250 g/mol. The van der Waals surface area contributed by atoms with Crippen LogP contribution in [0.2, 0.25) is 0 Å². The van der Waals surface area contributed by atoms with Crippen LogP contribution < -0.4 is 4.74 Å². The van der Waals surface area contributed by atoms with Crippen molar-refractivity contribution in [3.8, 4) is 5.75 Å². The summed E-state index contributed by atoms with van der Waals surface area (Å²) in [4.78, 5) is 23.2. The molecule has 0 spiro atoms. The van der Waals surface area contributed by atoms with E-state index >= 15 is 0 Å². The molecule has 0 fully saturated rings. The van der Waals surface area contributed by atoms with Gasteiger partial charge in [-0.25, -0.2) is 4.79 Å². The highest BCUT2D eigenvalue weighted by atomic mass is 16.5. The van der Waals surface area contributed by atoms with E-state index in [1.54, 1.807) is 7.05 Å². The van der Waals surface area contributed by atoms with Crippen LogP contribution in [0.25, 0.3) is 0 Å². The molecule has 6 heteroatoms. The number of aliphatic carboxylic acids is 1. The van der Waals surface area contributed by atoms with Gasteiger partial charge in [0.2, 0.25) is 5.91 Å². The fraction of sp³-hybridized carbons (Fsp3) is 0.385. The number of benzene rings is 1. The van der Waals surface area contributed by atoms with Gasteiger partial charge in [-0.2, -0.15) is 0 Å². The smallest absolute Gasteiger partial charge is 0.329 e. The van der Waals surface area contributed by atoms with Crippen molar-refractivity contribution in [2.24, 2.45) is 0 Å². The van der Waals surface area contributed by atoms with Crippen molar-refractivity contribution < 1.29 is 24.2 Å². The molecule has 0 atom stereocenters. The zero-order valence-corrected chi connectivity index (χ0v) is 10.7. The average Bonchev–Trinajstić information content (AvgIpc) is 2.39. The molecule has 1 aromatic carbocycles. The van der Waals surface area contributed by atoms with E-state index in [4.69, 9.17) is 14.6 Å². The van der Waals surface area contributed by atoms with Gasteiger partial charge in [0, 0.05) is 7.05 Å². The number of carbonyl (C=O) groups excluding carboxylic acids is 1. The molecule has 0 radical (unpaired) electrons. The van der Waals surface area contributed by atoms with Gasteiger partial charge < -0.3 is 19.5 Å². The monoisotopic (exact) mass is 267 g/mol. The summed E-state index contributed by atoms with van der Waals surface area (Å²) >= 11 is 0. The number of ether oxygens (including phenoxy) is 2. The minimum absolute atomic E-state index is 0.242. The highest BCUT2D eigenvalue weighted by molar-refractivity contribution is 5.77. The van der Waals surface area contributed by atoms with Crippen molar-refractivity contribution in [3.05, 3.63) is 30.3 Å². The molecule has 19 heavy (non-hydrogen) atoms. The van der Waals surface area contributed by atoms with Crippen molar-refractivity contribution in [1.82, 2.24) is 4.90 Å². The lowest BCUT2D eigenvalue weighted by Crippen LogP contribution is -2.34. The van der Waals surface area contributed by atoms with E-state index in [1.807, 2.05) is 30.3 Å². The van der Waals surface area contributed by atoms with Crippen LogP contribution in [0.1, 0.15) is 0 Å². The molecule has 1 N–H and O–H groups in total. The first-order chi connectivity index (χ1) is 9.09. The number of hydrogen-bond donors (Lipinski definition) is 1. The third kappa shape index (κ3) is 6.42. The molecule has 1 amide bonds. The summed E-state index contributed by atoms with van der Waals surface area (Å²) in [6, 6.07) is 9.28. The van der Waals surface area contributed by atoms with Crippen LogP contribution in [0.5, 0.6) is 5.75 Å². The fourth-order valence-electron chi connectivity index (χ4n) is 1.28. The molecule has 0 saturated carbocycles. The van der Waals surface area contributed by atoms with Crippen molar-refractivity contribution >= 4 is 11.9 Å². The Morgan fingerprint density at radius 3 is 2.53 bits per heavy atom. The summed E-state index contributed by atoms with van der Waals surface area (Å²) in [6.45, 7) is 0.0591. The van der Waals surface area contributed by atoms with Crippen molar-refractivity contribution in [2.75, 3.05) is 33.4 Å². The first-order valence-electron chi connectivity index (χ1n) is 5.81. The van der Waals surface area contributed by atoms with Crippen LogP contribution in [0, 0.1) is 0 Å². The predicted octanol–water partition coefficient (Wildman–Crippen LogP) is 0.625. The summed E-state index contributed by atoms with van der Waals surface area (Å²) in [7, 11) is 1.61. The Hall–Kier alpha value is -2.08. The van der Waals surface area contributed by atoms with E-state index in [-0.39, 0.29) is 12.5 Å². The van der Waals surface area contributed by atoms with Crippen molar-refractivity contribution in [1.29, 1.82) is 0 Å². The number of amides is 1. The summed E-state index contributed by atoms with van der Waals surface area (Å²) in [6.07, 6.45) is 0. The number of nitrogens with zero attached hydrogens (tertiary/aromatic N) is 1. The van der Waals surface area contributed by atoms with E-state index in [2.05, 4.69) is 0 Å². The van der Waals surface area contributed by atoms with Gasteiger partial charge in [0.25, 0.3) is 0 Å². The summed E-state index contributed by atoms with van der Waals surface area (Å²) in [5, 5.41) is 8.36. The van der Waals surface area contributed by atoms with Gasteiger partial charge in [0.05, 0.1) is 6.54 Å². The quantitative estimate of drug-likeness (QED) is 0.747. The molecule has 0 unspecified atom stereocenters. The fourth-order valence-corrected chi connectivity index (χ4v) is 1.28. The minimum atomic E-state index is -1.09. The minimum Gasteiger partial charge on any atom is -0.492 e. The summed E-state index contributed by atoms with van der Waals surface area (Å²) < 4.78 is 10.2. The van der Waals surface area contributed by atoms with Crippen LogP contribution in [-0.2, 0) is 14.3 Å². The van der Waals surface area contributed by atoms with Gasteiger partial charge in [0.1, 0.15) is 25.6 Å². The molecule has 104 valence electrons. The lowest BCUT2D eigenvalue weighted by molar-refractivity contribution is -0.145. The maximum absolute atomic E-state index is 11.5. The molecule has 0 bridgehead atoms. The third-order valence-electron chi connectivity index (χ3n) is 2.32. The van der Waals surface area contributed by atoms with Gasteiger partial charge in [-0.1, -0.05) is 18.2 Å². The topological polar surface area (TPSA) is 76.1 Å². The number of para-hydroxylation sites is 1. The highest BCUT2D eigenvalue weighted by Gasteiger charge is 2.09. The number of hydrogen-bond acceptors (Lipinski definition) is 4. The normalized spacial score (nSPS) is 9.95. The zero-order chi connectivity index (χ0) is 14.1. The summed E-state index contributed by atoms with van der Waals surface area (Å²) in [5.41, 5.74) is 0. The van der Waals surface area contributed by atoms with Gasteiger partial charge in [-0.15, -0.1) is 0 Å². The van der Waals surface area contributed by atoms with Crippen LogP contribution >= 0.6 is 0 Å². The molecule has 1 rings (SSSR count). The molecule has 0 aliphatic heterocycles. The number of likely N-dealkylation sites (N-methyl/N-ethyl adjacent to an activating group) is 1. The number of carboxylic acid groups (broad SMARTS) is 1. The van der Waals surface area contributed by atoms with Crippen LogP contribution in [0.15, 0.2) is 30.3 Å². The molecule has 0 heterocycles. The molecule has 6 nitrogen and oxygen atoms in total. The van der Waals surface area contributed by atoms with E-state index in [9.17, 15) is 9.59 Å². The number of carbonyl (C=O) groups is 2. The standard InChI is InChI=1S/C13H17NO5/c1-14(12(15)9-18-10-13(16)17)7-8-19-11-5-3-2-4-6-11/h2-6H,7-10H2,1H3,(H,16,17). The Morgan fingerprint density at radius 2 is 1.89 bits per heavy atom. The molecule has 0 aliphatic carbocycles. The Labute approximate surface area is 111 Å². The molecule has 0 aliphatic rings. The van der Waals surface area contributed by atoms with E-state index in [0.717, 1.165) is 5.75 Å².